The van der Waals surface area contributed by atoms with E-state index in [1.165, 1.54) is 51.1 Å². The van der Waals surface area contributed by atoms with E-state index < -0.39 is 0 Å². The van der Waals surface area contributed by atoms with Gasteiger partial charge in [-0.1, -0.05) is 0 Å². The van der Waals surface area contributed by atoms with Crippen LogP contribution in [0.4, 0.5) is 0 Å². The van der Waals surface area contributed by atoms with Gasteiger partial charge in [0.25, 0.3) is 0 Å². The molecule has 0 amide bonds. The molecule has 140 valence electrons. The van der Waals surface area contributed by atoms with E-state index >= 15 is 0 Å². The molecular weight excluding hydrogens is 314 g/mol. The van der Waals surface area contributed by atoms with Gasteiger partial charge in [0, 0.05) is 58.6 Å². The van der Waals surface area contributed by atoms with Crippen LogP contribution in [-0.4, -0.2) is 88.8 Å². The SMILES string of the molecule is Cn1cncc1CN1CC[C@@H]2OCCN(CCN3CCCC3)[C@H]2CC1. The van der Waals surface area contributed by atoms with Gasteiger partial charge in [0.1, 0.15) is 0 Å². The Hall–Kier alpha value is -0.950. The lowest BCUT2D eigenvalue weighted by molar-refractivity contribution is -0.0728. The van der Waals surface area contributed by atoms with Gasteiger partial charge in [-0.05, 0) is 38.8 Å². The number of imidazole rings is 1. The fourth-order valence-corrected chi connectivity index (χ4v) is 4.69. The minimum absolute atomic E-state index is 0.420. The molecule has 0 aromatic carbocycles. The van der Waals surface area contributed by atoms with Crippen molar-refractivity contribution in [3.8, 4) is 0 Å². The van der Waals surface area contributed by atoms with E-state index in [0.29, 0.717) is 12.1 Å². The molecule has 3 aliphatic heterocycles. The van der Waals surface area contributed by atoms with Crippen molar-refractivity contribution in [2.24, 2.45) is 7.05 Å². The minimum atomic E-state index is 0.420. The third kappa shape index (κ3) is 4.25. The number of ether oxygens (including phenoxy) is 1. The van der Waals surface area contributed by atoms with Crippen LogP contribution in [0.15, 0.2) is 12.5 Å². The van der Waals surface area contributed by atoms with Crippen LogP contribution in [0.1, 0.15) is 31.4 Å². The fourth-order valence-electron chi connectivity index (χ4n) is 4.69. The number of rotatable bonds is 5. The Labute approximate surface area is 151 Å². The van der Waals surface area contributed by atoms with Crippen LogP contribution >= 0.6 is 0 Å². The second kappa shape index (κ2) is 8.16. The molecule has 4 heterocycles. The number of morpholine rings is 1. The zero-order chi connectivity index (χ0) is 17.1. The summed E-state index contributed by atoms with van der Waals surface area (Å²) in [6.45, 7) is 10.4. The maximum atomic E-state index is 6.17. The first kappa shape index (κ1) is 17.5. The van der Waals surface area contributed by atoms with Crippen LogP contribution in [0, 0.1) is 0 Å². The van der Waals surface area contributed by atoms with Gasteiger partial charge in [0.05, 0.1) is 24.7 Å². The quantitative estimate of drug-likeness (QED) is 0.800. The zero-order valence-corrected chi connectivity index (χ0v) is 15.6. The van der Waals surface area contributed by atoms with Crippen LogP contribution in [-0.2, 0) is 18.3 Å². The summed E-state index contributed by atoms with van der Waals surface area (Å²) >= 11 is 0. The van der Waals surface area contributed by atoms with Crippen molar-refractivity contribution in [1.29, 1.82) is 0 Å². The molecule has 0 N–H and O–H groups in total. The molecule has 1 aromatic rings. The fraction of sp³-hybridized carbons (Fsp3) is 0.842. The summed E-state index contributed by atoms with van der Waals surface area (Å²) in [4.78, 5) is 12.2. The molecule has 3 saturated heterocycles. The van der Waals surface area contributed by atoms with Gasteiger partial charge >= 0.3 is 0 Å². The Kier molecular flexibility index (Phi) is 5.70. The van der Waals surface area contributed by atoms with Crippen molar-refractivity contribution in [2.75, 3.05) is 52.4 Å². The summed E-state index contributed by atoms with van der Waals surface area (Å²) < 4.78 is 8.31. The Morgan fingerprint density at radius 3 is 2.68 bits per heavy atom. The van der Waals surface area contributed by atoms with Crippen LogP contribution in [0.25, 0.3) is 0 Å². The zero-order valence-electron chi connectivity index (χ0n) is 15.6. The van der Waals surface area contributed by atoms with Gasteiger partial charge in [0.15, 0.2) is 0 Å². The van der Waals surface area contributed by atoms with Gasteiger partial charge in [-0.15, -0.1) is 0 Å². The normalized spacial score (nSPS) is 29.6. The molecule has 4 rings (SSSR count). The highest BCUT2D eigenvalue weighted by molar-refractivity contribution is 4.98. The Bertz CT molecular complexity index is 542. The Balaban J connectivity index is 1.32. The van der Waals surface area contributed by atoms with Crippen molar-refractivity contribution in [3.05, 3.63) is 18.2 Å². The summed E-state index contributed by atoms with van der Waals surface area (Å²) in [5, 5.41) is 0. The van der Waals surface area contributed by atoms with Gasteiger partial charge in [-0.3, -0.25) is 9.80 Å². The standard InChI is InChI=1S/C19H33N5O/c1-21-16-20-14-17(21)15-23-8-4-18-19(5-9-23)25-13-12-24(18)11-10-22-6-2-3-7-22/h14,16,18-19H,2-13,15H2,1H3/t18-,19-/m0/s1. The summed E-state index contributed by atoms with van der Waals surface area (Å²) in [7, 11) is 2.09. The van der Waals surface area contributed by atoms with Crippen LogP contribution in [0.5, 0.6) is 0 Å². The van der Waals surface area contributed by atoms with Gasteiger partial charge in [-0.25, -0.2) is 4.98 Å². The van der Waals surface area contributed by atoms with E-state index in [0.717, 1.165) is 39.2 Å². The van der Waals surface area contributed by atoms with Crippen LogP contribution in [0.2, 0.25) is 0 Å². The van der Waals surface area contributed by atoms with Crippen molar-refractivity contribution in [1.82, 2.24) is 24.3 Å². The van der Waals surface area contributed by atoms with Crippen molar-refractivity contribution in [2.45, 2.75) is 44.4 Å². The van der Waals surface area contributed by atoms with Crippen LogP contribution < -0.4 is 0 Å². The predicted octanol–water partition coefficient (Wildman–Crippen LogP) is 1.18. The number of hydrogen-bond donors (Lipinski definition) is 0. The minimum Gasteiger partial charge on any atom is -0.375 e. The predicted molar refractivity (Wildman–Crippen MR) is 98.5 cm³/mol. The average molecular weight is 348 g/mol. The first-order valence-electron chi connectivity index (χ1n) is 10.0. The lowest BCUT2D eigenvalue weighted by Gasteiger charge is -2.41. The van der Waals surface area contributed by atoms with Gasteiger partial charge in [-0.2, -0.15) is 0 Å². The maximum Gasteiger partial charge on any atom is 0.0945 e. The summed E-state index contributed by atoms with van der Waals surface area (Å²) in [6.07, 6.45) is 9.47. The van der Waals surface area contributed by atoms with E-state index in [2.05, 4.69) is 31.3 Å². The lowest BCUT2D eigenvalue weighted by atomic mass is 10.0. The summed E-state index contributed by atoms with van der Waals surface area (Å²) in [6, 6.07) is 0.605. The molecule has 25 heavy (non-hydrogen) atoms. The number of aryl methyl sites for hydroxylation is 1. The van der Waals surface area contributed by atoms with E-state index in [1.54, 1.807) is 0 Å². The molecule has 3 aliphatic rings. The molecule has 6 heteroatoms. The second-order valence-corrected chi connectivity index (χ2v) is 7.91. The summed E-state index contributed by atoms with van der Waals surface area (Å²) in [5.74, 6) is 0. The largest absolute Gasteiger partial charge is 0.375 e. The van der Waals surface area contributed by atoms with Crippen molar-refractivity contribution in [3.63, 3.8) is 0 Å². The van der Waals surface area contributed by atoms with E-state index in [-0.39, 0.29) is 0 Å². The molecule has 1 aromatic heterocycles. The molecule has 0 unspecified atom stereocenters. The van der Waals surface area contributed by atoms with E-state index in [4.69, 9.17) is 4.74 Å². The Morgan fingerprint density at radius 1 is 1.04 bits per heavy atom. The summed E-state index contributed by atoms with van der Waals surface area (Å²) in [5.41, 5.74) is 1.30. The van der Waals surface area contributed by atoms with Gasteiger partial charge < -0.3 is 14.2 Å². The van der Waals surface area contributed by atoms with Crippen molar-refractivity contribution < 1.29 is 4.74 Å². The second-order valence-electron chi connectivity index (χ2n) is 7.91. The molecule has 3 fully saturated rings. The van der Waals surface area contributed by atoms with Crippen LogP contribution in [0.3, 0.4) is 0 Å². The monoisotopic (exact) mass is 347 g/mol. The average Bonchev–Trinajstić information content (AvgIpc) is 3.23. The van der Waals surface area contributed by atoms with Gasteiger partial charge in [0.2, 0.25) is 0 Å². The Morgan fingerprint density at radius 2 is 1.88 bits per heavy atom. The number of likely N-dealkylation sites (tertiary alicyclic amines) is 2. The van der Waals surface area contributed by atoms with E-state index in [1.807, 2.05) is 12.5 Å². The molecule has 6 nitrogen and oxygen atoms in total. The van der Waals surface area contributed by atoms with Crippen molar-refractivity contribution >= 4 is 0 Å². The lowest BCUT2D eigenvalue weighted by Crippen LogP contribution is -2.52. The highest BCUT2D eigenvalue weighted by Crippen LogP contribution is 2.24. The maximum absolute atomic E-state index is 6.17. The number of fused-ring (bicyclic) bond motifs is 1. The number of nitrogens with zero attached hydrogens (tertiary/aromatic N) is 5. The molecular formula is C19H33N5O. The molecule has 0 aliphatic carbocycles. The molecule has 2 atom stereocenters. The molecule has 0 radical (unpaired) electrons. The highest BCUT2D eigenvalue weighted by Gasteiger charge is 2.34. The molecule has 0 saturated carbocycles. The highest BCUT2D eigenvalue weighted by atomic mass is 16.5. The molecule has 0 spiro atoms. The topological polar surface area (TPSA) is 36.8 Å². The smallest absolute Gasteiger partial charge is 0.0945 e. The number of hydrogen-bond acceptors (Lipinski definition) is 5. The first-order chi connectivity index (χ1) is 12.3. The molecule has 0 bridgehead atoms. The third-order valence-corrected chi connectivity index (χ3v) is 6.28. The van der Waals surface area contributed by atoms with E-state index in [9.17, 15) is 0 Å². The number of aromatic nitrogens is 2. The third-order valence-electron chi connectivity index (χ3n) is 6.28. The first-order valence-corrected chi connectivity index (χ1v) is 10.0.